The van der Waals surface area contributed by atoms with Crippen molar-refractivity contribution in [1.29, 1.82) is 0 Å². The van der Waals surface area contributed by atoms with Crippen molar-refractivity contribution in [2.45, 2.75) is 39.3 Å². The van der Waals surface area contributed by atoms with Crippen molar-refractivity contribution in [3.8, 4) is 0 Å². The third kappa shape index (κ3) is 3.28. The fraction of sp³-hybridized carbons (Fsp3) is 0.600. The predicted octanol–water partition coefficient (Wildman–Crippen LogP) is 2.15. The van der Waals surface area contributed by atoms with E-state index in [4.69, 9.17) is 4.74 Å². The summed E-state index contributed by atoms with van der Waals surface area (Å²) >= 11 is 0. The van der Waals surface area contributed by atoms with E-state index in [0.717, 1.165) is 18.8 Å². The number of anilines is 1. The van der Waals surface area contributed by atoms with Crippen molar-refractivity contribution in [3.63, 3.8) is 0 Å². The van der Waals surface area contributed by atoms with E-state index in [2.05, 4.69) is 17.2 Å². The third-order valence-electron chi connectivity index (χ3n) is 3.57. The third-order valence-corrected chi connectivity index (χ3v) is 3.57. The first-order valence-corrected chi connectivity index (χ1v) is 7.28. The molecule has 2 unspecified atom stereocenters. The van der Waals surface area contributed by atoms with Crippen LogP contribution in [0.1, 0.15) is 37.6 Å². The molecule has 1 saturated heterocycles. The summed E-state index contributed by atoms with van der Waals surface area (Å²) in [7, 11) is 0. The van der Waals surface area contributed by atoms with Gasteiger partial charge in [-0.1, -0.05) is 6.92 Å². The summed E-state index contributed by atoms with van der Waals surface area (Å²) in [6, 6.07) is 3.84. The highest BCUT2D eigenvalue weighted by atomic mass is 16.5. The summed E-state index contributed by atoms with van der Waals surface area (Å²) in [6.07, 6.45) is 2.64. The van der Waals surface area contributed by atoms with E-state index >= 15 is 0 Å². The zero-order chi connectivity index (χ0) is 14.5. The smallest absolute Gasteiger partial charge is 0.255 e. The summed E-state index contributed by atoms with van der Waals surface area (Å²) < 4.78 is 5.63. The molecule has 1 fully saturated rings. The van der Waals surface area contributed by atoms with Gasteiger partial charge in [-0.3, -0.25) is 4.79 Å². The predicted molar refractivity (Wildman–Crippen MR) is 78.9 cm³/mol. The molecule has 2 atom stereocenters. The molecule has 110 valence electrons. The maximum atomic E-state index is 12.6. The summed E-state index contributed by atoms with van der Waals surface area (Å²) in [6.45, 7) is 8.18. The number of pyridine rings is 1. The van der Waals surface area contributed by atoms with E-state index in [9.17, 15) is 4.79 Å². The number of hydrogen-bond donors (Lipinski definition) is 1. The number of carbonyl (C=O) groups is 1. The number of aromatic nitrogens is 1. The van der Waals surface area contributed by atoms with E-state index in [1.54, 1.807) is 6.20 Å². The van der Waals surface area contributed by atoms with Gasteiger partial charge in [0.15, 0.2) is 0 Å². The van der Waals surface area contributed by atoms with Crippen molar-refractivity contribution in [2.75, 3.05) is 25.0 Å². The molecule has 1 aromatic rings. The Bertz CT molecular complexity index is 447. The highest BCUT2D eigenvalue weighted by Crippen LogP contribution is 2.18. The van der Waals surface area contributed by atoms with Gasteiger partial charge in [0.2, 0.25) is 0 Å². The Morgan fingerprint density at radius 3 is 2.90 bits per heavy atom. The molecule has 1 N–H and O–H groups in total. The van der Waals surface area contributed by atoms with Crippen LogP contribution in [0.2, 0.25) is 0 Å². The molecule has 0 saturated carbocycles. The molecule has 5 nitrogen and oxygen atoms in total. The Labute approximate surface area is 120 Å². The molecular formula is C15H23N3O2. The molecule has 0 aliphatic carbocycles. The molecule has 2 heterocycles. The average molecular weight is 277 g/mol. The molecule has 2 rings (SSSR count). The first-order chi connectivity index (χ1) is 9.65. The van der Waals surface area contributed by atoms with Crippen LogP contribution in [0, 0.1) is 0 Å². The fourth-order valence-corrected chi connectivity index (χ4v) is 2.40. The Morgan fingerprint density at radius 1 is 1.50 bits per heavy atom. The van der Waals surface area contributed by atoms with Crippen LogP contribution in [0.15, 0.2) is 18.3 Å². The lowest BCUT2D eigenvalue weighted by molar-refractivity contribution is -0.0444. The summed E-state index contributed by atoms with van der Waals surface area (Å²) in [5.41, 5.74) is 0.638. The Balaban J connectivity index is 2.12. The second-order valence-corrected chi connectivity index (χ2v) is 5.13. The molecular weight excluding hydrogens is 254 g/mol. The van der Waals surface area contributed by atoms with Crippen LogP contribution in [-0.4, -0.2) is 47.6 Å². The molecule has 1 aliphatic heterocycles. The van der Waals surface area contributed by atoms with Crippen LogP contribution in [-0.2, 0) is 4.74 Å². The quantitative estimate of drug-likeness (QED) is 0.916. The van der Waals surface area contributed by atoms with Crippen LogP contribution >= 0.6 is 0 Å². The summed E-state index contributed by atoms with van der Waals surface area (Å²) in [5, 5.41) is 3.12. The van der Waals surface area contributed by atoms with Gasteiger partial charge in [-0.25, -0.2) is 4.98 Å². The van der Waals surface area contributed by atoms with E-state index in [-0.39, 0.29) is 18.1 Å². The minimum atomic E-state index is 0.0440. The number of amides is 1. The first kappa shape index (κ1) is 14.8. The van der Waals surface area contributed by atoms with Crippen LogP contribution in [0.25, 0.3) is 0 Å². The number of nitrogens with one attached hydrogen (secondary N) is 1. The minimum absolute atomic E-state index is 0.0440. The van der Waals surface area contributed by atoms with E-state index in [1.165, 1.54) is 0 Å². The molecule has 5 heteroatoms. The molecule has 0 aromatic carbocycles. The van der Waals surface area contributed by atoms with Crippen LogP contribution in [0.5, 0.6) is 0 Å². The first-order valence-electron chi connectivity index (χ1n) is 7.28. The largest absolute Gasteiger partial charge is 0.375 e. The lowest BCUT2D eigenvalue weighted by Crippen LogP contribution is -2.51. The second kappa shape index (κ2) is 6.70. The number of morpholine rings is 1. The van der Waals surface area contributed by atoms with Crippen LogP contribution in [0.4, 0.5) is 5.82 Å². The summed E-state index contributed by atoms with van der Waals surface area (Å²) in [4.78, 5) is 18.8. The normalized spacial score (nSPS) is 22.6. The average Bonchev–Trinajstić information content (AvgIpc) is 2.47. The highest BCUT2D eigenvalue weighted by molar-refractivity contribution is 5.94. The zero-order valence-electron chi connectivity index (χ0n) is 12.4. The fourth-order valence-electron chi connectivity index (χ4n) is 2.40. The van der Waals surface area contributed by atoms with Gasteiger partial charge in [0.1, 0.15) is 5.82 Å². The van der Waals surface area contributed by atoms with Crippen molar-refractivity contribution in [3.05, 3.63) is 23.9 Å². The Kier molecular flexibility index (Phi) is 4.95. The van der Waals surface area contributed by atoms with Crippen LogP contribution in [0.3, 0.4) is 0 Å². The Hall–Kier alpha value is -1.62. The van der Waals surface area contributed by atoms with Gasteiger partial charge in [-0.2, -0.15) is 0 Å². The molecule has 0 spiro atoms. The van der Waals surface area contributed by atoms with Gasteiger partial charge in [0.25, 0.3) is 5.91 Å². The molecule has 0 radical (unpaired) electrons. The van der Waals surface area contributed by atoms with Crippen molar-refractivity contribution in [2.24, 2.45) is 0 Å². The van der Waals surface area contributed by atoms with Gasteiger partial charge >= 0.3 is 0 Å². The lowest BCUT2D eigenvalue weighted by atomic mass is 10.1. The standard InChI is InChI=1S/C15H23N3O2/c1-4-13-10-20-11(3)9-18(13)15(19)12-6-7-14(16-5-2)17-8-12/h6-8,11,13H,4-5,9-10H2,1-3H3,(H,16,17). The van der Waals surface area contributed by atoms with Crippen molar-refractivity contribution >= 4 is 11.7 Å². The van der Waals surface area contributed by atoms with E-state index in [0.29, 0.717) is 18.7 Å². The lowest BCUT2D eigenvalue weighted by Gasteiger charge is -2.38. The molecule has 1 aromatic heterocycles. The minimum Gasteiger partial charge on any atom is -0.375 e. The molecule has 1 aliphatic rings. The molecule has 20 heavy (non-hydrogen) atoms. The van der Waals surface area contributed by atoms with E-state index in [1.807, 2.05) is 30.9 Å². The number of rotatable bonds is 4. The summed E-state index contributed by atoms with van der Waals surface area (Å²) in [5.74, 6) is 0.842. The monoisotopic (exact) mass is 277 g/mol. The van der Waals surface area contributed by atoms with Crippen molar-refractivity contribution in [1.82, 2.24) is 9.88 Å². The Morgan fingerprint density at radius 2 is 2.30 bits per heavy atom. The SMILES string of the molecule is CCNc1ccc(C(=O)N2CC(C)OCC2CC)cn1. The van der Waals surface area contributed by atoms with Gasteiger partial charge in [-0.05, 0) is 32.4 Å². The number of ether oxygens (including phenoxy) is 1. The van der Waals surface area contributed by atoms with Gasteiger partial charge in [0.05, 0.1) is 24.3 Å². The van der Waals surface area contributed by atoms with Crippen molar-refractivity contribution < 1.29 is 9.53 Å². The number of nitrogens with zero attached hydrogens (tertiary/aromatic N) is 2. The van der Waals surface area contributed by atoms with Gasteiger partial charge in [-0.15, -0.1) is 0 Å². The number of carbonyl (C=O) groups excluding carboxylic acids is 1. The molecule has 1 amide bonds. The maximum Gasteiger partial charge on any atom is 0.255 e. The van der Waals surface area contributed by atoms with Gasteiger partial charge in [0, 0.05) is 19.3 Å². The zero-order valence-corrected chi connectivity index (χ0v) is 12.4. The maximum absolute atomic E-state index is 12.6. The topological polar surface area (TPSA) is 54.5 Å². The van der Waals surface area contributed by atoms with Crippen LogP contribution < -0.4 is 5.32 Å². The number of hydrogen-bond acceptors (Lipinski definition) is 4. The van der Waals surface area contributed by atoms with E-state index < -0.39 is 0 Å². The van der Waals surface area contributed by atoms with Gasteiger partial charge < -0.3 is 15.0 Å². The second-order valence-electron chi connectivity index (χ2n) is 5.13. The highest BCUT2D eigenvalue weighted by Gasteiger charge is 2.30. The molecule has 0 bridgehead atoms.